The van der Waals surface area contributed by atoms with Crippen molar-refractivity contribution in [2.75, 3.05) is 26.2 Å². The summed E-state index contributed by atoms with van der Waals surface area (Å²) in [7, 11) is -3.43. The average molecular weight is 314 g/mol. The maximum Gasteiger partial charge on any atom is 0.240 e. The van der Waals surface area contributed by atoms with Crippen LogP contribution in [0.15, 0.2) is 29.2 Å². The topological polar surface area (TPSA) is 67.4 Å². The van der Waals surface area contributed by atoms with Crippen molar-refractivity contribution < 1.29 is 13.2 Å². The second kappa shape index (κ2) is 9.02. The molecule has 0 heterocycles. The molecule has 0 saturated carbocycles. The van der Waals surface area contributed by atoms with Gasteiger partial charge in [-0.3, -0.25) is 0 Å². The van der Waals surface area contributed by atoms with Crippen molar-refractivity contribution >= 4 is 10.0 Å². The molecule has 2 N–H and O–H groups in total. The highest BCUT2D eigenvalue weighted by Gasteiger charge is 2.13. The van der Waals surface area contributed by atoms with Gasteiger partial charge in [0.15, 0.2) is 0 Å². The fraction of sp³-hybridized carbons (Fsp3) is 0.600. The van der Waals surface area contributed by atoms with Gasteiger partial charge in [0, 0.05) is 6.54 Å². The fourth-order valence-corrected chi connectivity index (χ4v) is 2.73. The van der Waals surface area contributed by atoms with Crippen LogP contribution in [0.4, 0.5) is 0 Å². The first-order valence-corrected chi connectivity index (χ1v) is 8.87. The third-order valence-corrected chi connectivity index (χ3v) is 4.27. The third kappa shape index (κ3) is 6.93. The highest BCUT2D eigenvalue weighted by atomic mass is 32.2. The minimum absolute atomic E-state index is 0.267. The third-order valence-electron chi connectivity index (χ3n) is 2.79. The Morgan fingerprint density at radius 2 is 1.81 bits per heavy atom. The molecule has 0 unspecified atom stereocenters. The lowest BCUT2D eigenvalue weighted by Crippen LogP contribution is -2.27. The number of nitrogens with one attached hydrogen (secondary N) is 2. The van der Waals surface area contributed by atoms with Crippen molar-refractivity contribution in [2.45, 2.75) is 32.1 Å². The smallest absolute Gasteiger partial charge is 0.240 e. The standard InChI is InChI=1S/C15H26N2O3S/c1-4-16-10-5-11-17-21(18,19)15-8-6-14(7-9-15)20-12-13(2)3/h6-9,13,16-17H,4-5,10-12H2,1-3H3. The first-order valence-electron chi connectivity index (χ1n) is 7.39. The van der Waals surface area contributed by atoms with Crippen molar-refractivity contribution in [1.82, 2.24) is 10.0 Å². The Morgan fingerprint density at radius 3 is 2.38 bits per heavy atom. The van der Waals surface area contributed by atoms with Crippen molar-refractivity contribution in [1.29, 1.82) is 0 Å². The van der Waals surface area contributed by atoms with Gasteiger partial charge in [0.25, 0.3) is 0 Å². The van der Waals surface area contributed by atoms with E-state index >= 15 is 0 Å². The summed E-state index contributed by atoms with van der Waals surface area (Å²) in [6, 6.07) is 6.52. The van der Waals surface area contributed by atoms with Gasteiger partial charge in [-0.25, -0.2) is 13.1 Å². The maximum atomic E-state index is 12.1. The molecule has 21 heavy (non-hydrogen) atoms. The van der Waals surface area contributed by atoms with Gasteiger partial charge < -0.3 is 10.1 Å². The van der Waals surface area contributed by atoms with Gasteiger partial charge in [-0.05, 0) is 49.7 Å². The lowest BCUT2D eigenvalue weighted by molar-refractivity contribution is 0.271. The van der Waals surface area contributed by atoms with Crippen LogP contribution in [0.3, 0.4) is 0 Å². The van der Waals surface area contributed by atoms with E-state index in [9.17, 15) is 8.42 Å². The molecule has 0 bridgehead atoms. The first-order chi connectivity index (χ1) is 9.95. The Labute approximate surface area is 128 Å². The summed E-state index contributed by atoms with van der Waals surface area (Å²) in [5, 5.41) is 3.15. The molecule has 0 radical (unpaired) electrons. The number of rotatable bonds is 10. The molecule has 0 amide bonds. The Hall–Kier alpha value is -1.11. The van der Waals surface area contributed by atoms with Crippen molar-refractivity contribution in [3.8, 4) is 5.75 Å². The Bertz CT molecular complexity index is 498. The molecule has 0 spiro atoms. The molecule has 0 aliphatic heterocycles. The van der Waals surface area contributed by atoms with Crippen LogP contribution in [0.5, 0.6) is 5.75 Å². The molecule has 0 aromatic heterocycles. The number of ether oxygens (including phenoxy) is 1. The van der Waals surface area contributed by atoms with E-state index in [1.54, 1.807) is 24.3 Å². The summed E-state index contributed by atoms with van der Waals surface area (Å²) in [6.07, 6.45) is 0.767. The second-order valence-corrected chi connectivity index (χ2v) is 7.05. The number of sulfonamides is 1. The average Bonchev–Trinajstić information content (AvgIpc) is 2.45. The van der Waals surface area contributed by atoms with Gasteiger partial charge in [-0.1, -0.05) is 20.8 Å². The normalized spacial score (nSPS) is 11.8. The van der Waals surface area contributed by atoms with E-state index in [-0.39, 0.29) is 4.90 Å². The predicted octanol–water partition coefficient (Wildman–Crippen LogP) is 2.00. The fourth-order valence-electron chi connectivity index (χ4n) is 1.66. The van der Waals surface area contributed by atoms with E-state index in [1.807, 2.05) is 6.92 Å². The first kappa shape index (κ1) is 17.9. The molecule has 0 fully saturated rings. The summed E-state index contributed by atoms with van der Waals surface area (Å²) in [4.78, 5) is 0.267. The lowest BCUT2D eigenvalue weighted by atomic mass is 10.2. The Kier molecular flexibility index (Phi) is 7.71. The van der Waals surface area contributed by atoms with Crippen LogP contribution in [0.1, 0.15) is 27.2 Å². The largest absolute Gasteiger partial charge is 0.493 e. The summed E-state index contributed by atoms with van der Waals surface area (Å²) >= 11 is 0. The summed E-state index contributed by atoms with van der Waals surface area (Å²) in [5.74, 6) is 1.13. The minimum Gasteiger partial charge on any atom is -0.493 e. The lowest BCUT2D eigenvalue weighted by Gasteiger charge is -2.10. The van der Waals surface area contributed by atoms with Gasteiger partial charge in [0.1, 0.15) is 5.75 Å². The number of hydrogen-bond acceptors (Lipinski definition) is 4. The van der Waals surface area contributed by atoms with Crippen LogP contribution in [0.25, 0.3) is 0 Å². The van der Waals surface area contributed by atoms with E-state index < -0.39 is 10.0 Å². The van der Waals surface area contributed by atoms with E-state index in [4.69, 9.17) is 4.74 Å². The predicted molar refractivity (Wildman–Crippen MR) is 85.1 cm³/mol. The van der Waals surface area contributed by atoms with Crippen molar-refractivity contribution in [3.05, 3.63) is 24.3 Å². The molecular weight excluding hydrogens is 288 g/mol. The molecule has 0 saturated heterocycles. The van der Waals surface area contributed by atoms with E-state index in [0.717, 1.165) is 19.5 Å². The van der Waals surface area contributed by atoms with Crippen LogP contribution in [0, 0.1) is 5.92 Å². The van der Waals surface area contributed by atoms with Gasteiger partial charge >= 0.3 is 0 Å². The highest BCUT2D eigenvalue weighted by molar-refractivity contribution is 7.89. The number of hydrogen-bond donors (Lipinski definition) is 2. The zero-order valence-electron chi connectivity index (χ0n) is 13.1. The van der Waals surface area contributed by atoms with Gasteiger partial charge in [-0.2, -0.15) is 0 Å². The maximum absolute atomic E-state index is 12.1. The van der Waals surface area contributed by atoms with Crippen molar-refractivity contribution in [2.24, 2.45) is 5.92 Å². The Morgan fingerprint density at radius 1 is 1.14 bits per heavy atom. The van der Waals surface area contributed by atoms with Crippen LogP contribution >= 0.6 is 0 Å². The monoisotopic (exact) mass is 314 g/mol. The molecular formula is C15H26N2O3S. The van der Waals surface area contributed by atoms with Crippen LogP contribution in [-0.2, 0) is 10.0 Å². The SMILES string of the molecule is CCNCCCNS(=O)(=O)c1ccc(OCC(C)C)cc1. The summed E-state index contributed by atoms with van der Waals surface area (Å²) in [6.45, 7) is 8.90. The highest BCUT2D eigenvalue weighted by Crippen LogP contribution is 2.16. The molecule has 1 aromatic carbocycles. The number of benzene rings is 1. The molecule has 6 heteroatoms. The molecule has 0 aliphatic rings. The zero-order valence-corrected chi connectivity index (χ0v) is 13.9. The van der Waals surface area contributed by atoms with Crippen LogP contribution in [-0.4, -0.2) is 34.7 Å². The molecule has 1 aromatic rings. The molecule has 0 aliphatic carbocycles. The van der Waals surface area contributed by atoms with E-state index in [1.165, 1.54) is 0 Å². The van der Waals surface area contributed by atoms with Gasteiger partial charge in [-0.15, -0.1) is 0 Å². The van der Waals surface area contributed by atoms with Crippen LogP contribution in [0.2, 0.25) is 0 Å². The minimum atomic E-state index is -3.43. The Balaban J connectivity index is 2.51. The van der Waals surface area contributed by atoms with Crippen molar-refractivity contribution in [3.63, 3.8) is 0 Å². The molecule has 120 valence electrons. The van der Waals surface area contributed by atoms with Gasteiger partial charge in [0.05, 0.1) is 11.5 Å². The second-order valence-electron chi connectivity index (χ2n) is 5.28. The molecule has 0 atom stereocenters. The summed E-state index contributed by atoms with van der Waals surface area (Å²) in [5.41, 5.74) is 0. The van der Waals surface area contributed by atoms with E-state index in [0.29, 0.717) is 24.8 Å². The zero-order chi connectivity index (χ0) is 15.7. The summed E-state index contributed by atoms with van der Waals surface area (Å²) < 4.78 is 32.3. The van der Waals surface area contributed by atoms with E-state index in [2.05, 4.69) is 23.9 Å². The molecule has 5 nitrogen and oxygen atoms in total. The quantitative estimate of drug-likeness (QED) is 0.648. The van der Waals surface area contributed by atoms with Gasteiger partial charge in [0.2, 0.25) is 10.0 Å². The van der Waals surface area contributed by atoms with Crippen LogP contribution < -0.4 is 14.8 Å². The molecule has 1 rings (SSSR count).